The molecule has 0 radical (unpaired) electrons. The number of carboxylic acids is 1. The average molecular weight is 821 g/mol. The van der Waals surface area contributed by atoms with Crippen molar-refractivity contribution in [3.63, 3.8) is 0 Å². The van der Waals surface area contributed by atoms with Gasteiger partial charge in [-0.3, -0.25) is 9.78 Å². The third-order valence-electron chi connectivity index (χ3n) is 8.20. The minimum absolute atomic E-state index is 0.0391. The lowest BCUT2D eigenvalue weighted by molar-refractivity contribution is -0.137. The van der Waals surface area contributed by atoms with Gasteiger partial charge in [-0.15, -0.1) is 11.3 Å². The summed E-state index contributed by atoms with van der Waals surface area (Å²) in [5.41, 5.74) is 0.725. The molecule has 0 amide bonds. The summed E-state index contributed by atoms with van der Waals surface area (Å²) in [6.45, 7) is 1.17. The molecule has 2 N–H and O–H groups in total. The second-order valence-corrected chi connectivity index (χ2v) is 18.6. The summed E-state index contributed by atoms with van der Waals surface area (Å²) in [6.07, 6.45) is 8.07. The van der Waals surface area contributed by atoms with E-state index in [4.69, 9.17) is 16.3 Å². The molecule has 2 fully saturated rings. The summed E-state index contributed by atoms with van der Waals surface area (Å²) in [7, 11) is -6.19. The van der Waals surface area contributed by atoms with E-state index in [1.165, 1.54) is 19.4 Å². The molecule has 11 nitrogen and oxygen atoms in total. The largest absolute Gasteiger partial charge is 0.480 e. The van der Waals surface area contributed by atoms with Crippen LogP contribution in [0.3, 0.4) is 0 Å². The molecule has 17 heteroatoms. The fourth-order valence-electron chi connectivity index (χ4n) is 5.79. The lowest BCUT2D eigenvalue weighted by Crippen LogP contribution is -2.38. The number of methoxy groups -OCH3 is 1. The van der Waals surface area contributed by atoms with Crippen molar-refractivity contribution in [2.75, 3.05) is 46.4 Å². The van der Waals surface area contributed by atoms with Crippen LogP contribution in [0.1, 0.15) is 56.7 Å². The Labute approximate surface area is 285 Å². The Morgan fingerprint density at radius 3 is 2.48 bits per heavy atom. The van der Waals surface area contributed by atoms with Gasteiger partial charge in [-0.25, -0.2) is 16.8 Å². The zero-order chi connectivity index (χ0) is 32.1. The van der Waals surface area contributed by atoms with Crippen LogP contribution in [0.2, 0.25) is 4.34 Å². The topological polar surface area (TPSA) is 146 Å². The van der Waals surface area contributed by atoms with Gasteiger partial charge in [0.25, 0.3) is 10.0 Å². The maximum absolute atomic E-state index is 13.2. The summed E-state index contributed by atoms with van der Waals surface area (Å²) in [4.78, 5) is 15.7. The molecule has 2 aromatic heterocycles. The first kappa shape index (κ1) is 36.2. The lowest BCUT2D eigenvalue weighted by atomic mass is 9.84. The Morgan fingerprint density at radius 1 is 1.16 bits per heavy atom. The highest BCUT2D eigenvalue weighted by atomic mass is 79.9. The molecular formula is C27H37Br2ClN4O7S3. The number of hydrogen-bond acceptors (Lipinski definition) is 9. The molecule has 0 aromatic carbocycles. The second kappa shape index (κ2) is 15.9. The van der Waals surface area contributed by atoms with Gasteiger partial charge >= 0.3 is 5.97 Å². The van der Waals surface area contributed by atoms with E-state index >= 15 is 0 Å². The number of piperidine rings is 2. The number of pyridine rings is 1. The van der Waals surface area contributed by atoms with Gasteiger partial charge in [-0.2, -0.15) is 8.61 Å². The predicted octanol–water partition coefficient (Wildman–Crippen LogP) is 5.36. The monoisotopic (exact) mass is 818 g/mol. The molecule has 44 heavy (non-hydrogen) atoms. The highest BCUT2D eigenvalue weighted by Crippen LogP contribution is 2.38. The van der Waals surface area contributed by atoms with Crippen molar-refractivity contribution in [2.24, 2.45) is 11.8 Å². The number of aromatic nitrogens is 1. The predicted molar refractivity (Wildman–Crippen MR) is 176 cm³/mol. The molecule has 0 bridgehead atoms. The molecule has 4 rings (SSSR count). The van der Waals surface area contributed by atoms with Crippen molar-refractivity contribution in [3.05, 3.63) is 37.3 Å². The Morgan fingerprint density at radius 2 is 1.86 bits per heavy atom. The maximum Gasteiger partial charge on any atom is 0.318 e. The van der Waals surface area contributed by atoms with Crippen LogP contribution in [0.15, 0.2) is 36.4 Å². The highest BCUT2D eigenvalue weighted by Gasteiger charge is 2.32. The van der Waals surface area contributed by atoms with Crippen molar-refractivity contribution in [1.82, 2.24) is 18.9 Å². The molecule has 246 valence electrons. The number of carboxylic acid groups (broad SMARTS) is 1. The van der Waals surface area contributed by atoms with Crippen molar-refractivity contribution in [3.8, 4) is 0 Å². The molecular weight excluding hydrogens is 784 g/mol. The zero-order valence-corrected chi connectivity index (χ0v) is 30.6. The molecule has 2 aromatic rings. The van der Waals surface area contributed by atoms with E-state index in [-0.39, 0.29) is 28.3 Å². The van der Waals surface area contributed by atoms with E-state index in [1.54, 1.807) is 10.4 Å². The minimum atomic E-state index is -4.08. The molecule has 2 aliphatic heterocycles. The van der Waals surface area contributed by atoms with Gasteiger partial charge in [0.1, 0.15) is 20.0 Å². The first-order valence-electron chi connectivity index (χ1n) is 14.4. The van der Waals surface area contributed by atoms with Gasteiger partial charge in [0.2, 0.25) is 10.0 Å². The van der Waals surface area contributed by atoms with Crippen molar-refractivity contribution < 1.29 is 31.5 Å². The van der Waals surface area contributed by atoms with E-state index in [1.807, 2.05) is 0 Å². The SMILES string of the molecule is COCCN(CC(=O)O)S(=O)(=O)c1cnc(C2CC(CCCC3CCN(S(=O)(=O)c4cc(Br)c(Cl)s4)CC3)CCN2)c(Br)c1. The minimum Gasteiger partial charge on any atom is -0.480 e. The van der Waals surface area contributed by atoms with Gasteiger partial charge in [0.15, 0.2) is 0 Å². The molecule has 4 heterocycles. The lowest BCUT2D eigenvalue weighted by Gasteiger charge is -2.32. The van der Waals surface area contributed by atoms with Gasteiger partial charge in [-0.05, 0) is 88.1 Å². The number of carbonyl (C=O) groups is 1. The first-order chi connectivity index (χ1) is 20.8. The van der Waals surface area contributed by atoms with Gasteiger partial charge in [-0.1, -0.05) is 30.9 Å². The van der Waals surface area contributed by atoms with Gasteiger partial charge in [0.05, 0.1) is 18.3 Å². The number of aliphatic carboxylic acids is 1. The Balaban J connectivity index is 1.28. The number of rotatable bonds is 14. The number of halogens is 3. The van der Waals surface area contributed by atoms with Crippen LogP contribution in [0.25, 0.3) is 0 Å². The fraction of sp³-hybridized carbons (Fsp3) is 0.630. The van der Waals surface area contributed by atoms with E-state index in [2.05, 4.69) is 42.2 Å². The van der Waals surface area contributed by atoms with Crippen molar-refractivity contribution in [2.45, 2.75) is 60.1 Å². The van der Waals surface area contributed by atoms with Crippen LogP contribution < -0.4 is 5.32 Å². The summed E-state index contributed by atoms with van der Waals surface area (Å²) < 4.78 is 61.6. The second-order valence-electron chi connectivity index (χ2n) is 11.1. The van der Waals surface area contributed by atoms with E-state index in [9.17, 15) is 26.7 Å². The Kier molecular flexibility index (Phi) is 13.1. The maximum atomic E-state index is 13.2. The molecule has 0 spiro atoms. The normalized spacial score (nSPS) is 20.8. The number of thiophene rings is 1. The Bertz CT molecular complexity index is 1500. The summed E-state index contributed by atoms with van der Waals surface area (Å²) >= 11 is 13.9. The van der Waals surface area contributed by atoms with Crippen molar-refractivity contribution >= 4 is 80.8 Å². The standard InChI is InChI=1S/C27H37Br2ClN4O7S3/c1-41-12-11-34(17-24(35)36)43(37,38)20-14-21(28)26(32-16-20)23-13-19(5-8-31-23)4-2-3-18-6-9-33(10-7-18)44(39,40)25-15-22(29)27(30)42-25/h14-16,18-19,23,31H,2-13,17H2,1H3,(H,35,36). The van der Waals surface area contributed by atoms with Gasteiger partial charge in [0, 0.05) is 41.9 Å². The first-order valence-corrected chi connectivity index (χ1v) is 20.0. The zero-order valence-electron chi connectivity index (χ0n) is 24.3. The molecule has 0 saturated carbocycles. The molecule has 0 aliphatic carbocycles. The summed E-state index contributed by atoms with van der Waals surface area (Å²) in [5, 5.41) is 12.7. The van der Waals surface area contributed by atoms with Gasteiger partial charge < -0.3 is 15.2 Å². The number of ether oxygens (including phenoxy) is 1. The third kappa shape index (κ3) is 9.01. The number of hydrogen-bond donors (Lipinski definition) is 2. The van der Waals surface area contributed by atoms with Crippen LogP contribution in [0.4, 0.5) is 0 Å². The fourth-order valence-corrected chi connectivity index (χ4v) is 11.8. The number of nitrogens with one attached hydrogen (secondary N) is 1. The summed E-state index contributed by atoms with van der Waals surface area (Å²) in [6, 6.07) is 3.02. The van der Waals surface area contributed by atoms with E-state index in [0.29, 0.717) is 38.2 Å². The van der Waals surface area contributed by atoms with Crippen LogP contribution >= 0.6 is 54.8 Å². The molecule has 2 aliphatic rings. The van der Waals surface area contributed by atoms with Crippen LogP contribution in [-0.2, 0) is 29.6 Å². The summed E-state index contributed by atoms with van der Waals surface area (Å²) in [5.74, 6) is -0.272. The number of sulfonamides is 2. The number of nitrogens with zero attached hydrogens (tertiary/aromatic N) is 3. The van der Waals surface area contributed by atoms with Crippen molar-refractivity contribution in [1.29, 1.82) is 0 Å². The van der Waals surface area contributed by atoms with Crippen LogP contribution in [0.5, 0.6) is 0 Å². The highest BCUT2D eigenvalue weighted by molar-refractivity contribution is 9.10. The average Bonchev–Trinajstić information content (AvgIpc) is 3.34. The third-order valence-corrected chi connectivity index (χ3v) is 15.5. The Hall–Kier alpha value is -0.690. The van der Waals surface area contributed by atoms with Crippen LogP contribution in [0, 0.1) is 11.8 Å². The van der Waals surface area contributed by atoms with E-state index in [0.717, 1.165) is 72.8 Å². The smallest absolute Gasteiger partial charge is 0.318 e. The molecule has 2 saturated heterocycles. The quantitative estimate of drug-likeness (QED) is 0.258. The molecule has 2 atom stereocenters. The van der Waals surface area contributed by atoms with E-state index < -0.39 is 32.6 Å². The molecule has 2 unspecified atom stereocenters. The van der Waals surface area contributed by atoms with Crippen LogP contribution in [-0.4, -0.2) is 87.9 Å².